The Morgan fingerprint density at radius 1 is 0.400 bits per heavy atom. The second kappa shape index (κ2) is 7.22. The van der Waals surface area contributed by atoms with Crippen molar-refractivity contribution >= 4 is 38.8 Å². The average molecular weight is 406 g/mol. The third-order valence-electron chi connectivity index (χ3n) is 6.01. The van der Waals surface area contributed by atoms with Crippen molar-refractivity contribution in [3.8, 4) is 0 Å². The van der Waals surface area contributed by atoms with Crippen LogP contribution in [-0.2, 0) is 0 Å². The average Bonchev–Trinajstić information content (AvgIpc) is 2.85. The molecular formula is C28H23OP. The van der Waals surface area contributed by atoms with E-state index in [2.05, 4.69) is 66.7 Å². The molecule has 0 saturated heterocycles. The summed E-state index contributed by atoms with van der Waals surface area (Å²) in [5.74, 6) is 0. The van der Waals surface area contributed by atoms with Crippen molar-refractivity contribution in [1.29, 1.82) is 0 Å². The first kappa shape index (κ1) is 18.8. The Labute approximate surface area is 177 Å². The summed E-state index contributed by atoms with van der Waals surface area (Å²) >= 11 is 0. The van der Waals surface area contributed by atoms with E-state index in [1.165, 1.54) is 0 Å². The molecule has 30 heavy (non-hydrogen) atoms. The molecule has 0 amide bonds. The summed E-state index contributed by atoms with van der Waals surface area (Å²) in [6.07, 6.45) is 0. The van der Waals surface area contributed by atoms with Crippen molar-refractivity contribution < 1.29 is 4.89 Å². The summed E-state index contributed by atoms with van der Waals surface area (Å²) in [4.78, 5) is 13.5. The van der Waals surface area contributed by atoms with Crippen LogP contribution in [0.3, 0.4) is 0 Å². The van der Waals surface area contributed by atoms with Crippen LogP contribution in [0.1, 0.15) is 0 Å². The molecule has 2 heteroatoms. The van der Waals surface area contributed by atoms with Gasteiger partial charge in [-0.3, -0.25) is 0 Å². The van der Waals surface area contributed by atoms with E-state index in [4.69, 9.17) is 0 Å². The molecule has 0 aliphatic heterocycles. The molecule has 0 radical (unpaired) electrons. The molecular weight excluding hydrogens is 383 g/mol. The molecule has 0 spiro atoms. The summed E-state index contributed by atoms with van der Waals surface area (Å²) < 4.78 is 0. The Hall–Kier alpha value is -3.25. The van der Waals surface area contributed by atoms with Gasteiger partial charge in [-0.25, -0.2) is 0 Å². The number of fused-ring (bicyclic) bond motifs is 1. The molecule has 0 aromatic heterocycles. The van der Waals surface area contributed by atoms with Crippen molar-refractivity contribution in [2.45, 2.75) is 0 Å². The molecule has 0 heterocycles. The third kappa shape index (κ3) is 2.57. The second-order valence-electron chi connectivity index (χ2n) is 7.58. The van der Waals surface area contributed by atoms with Crippen LogP contribution in [0.2, 0.25) is 0 Å². The van der Waals surface area contributed by atoms with E-state index in [1.807, 2.05) is 66.7 Å². The van der Waals surface area contributed by atoms with E-state index in [1.54, 1.807) is 0 Å². The normalized spacial score (nSPS) is 12.9. The van der Waals surface area contributed by atoms with Crippen molar-refractivity contribution in [3.63, 3.8) is 0 Å². The van der Waals surface area contributed by atoms with Crippen molar-refractivity contribution in [3.05, 3.63) is 133 Å². The van der Waals surface area contributed by atoms with Gasteiger partial charge in [0.05, 0.1) is 0 Å². The summed E-state index contributed by atoms with van der Waals surface area (Å²) in [6, 6.07) is 45.1. The van der Waals surface area contributed by atoms with Gasteiger partial charge in [0.2, 0.25) is 0 Å². The van der Waals surface area contributed by atoms with Gasteiger partial charge < -0.3 is 0 Å². The van der Waals surface area contributed by atoms with E-state index in [0.717, 1.165) is 32.0 Å². The molecule has 0 unspecified atom stereocenters. The number of hydrogen-bond acceptors (Lipinski definition) is 1. The van der Waals surface area contributed by atoms with Gasteiger partial charge in [0.1, 0.15) is 0 Å². The molecule has 0 aliphatic rings. The van der Waals surface area contributed by atoms with E-state index < -0.39 is 6.83 Å². The molecule has 1 N–H and O–H groups in total. The van der Waals surface area contributed by atoms with Crippen molar-refractivity contribution in [2.75, 3.05) is 0 Å². The van der Waals surface area contributed by atoms with E-state index in [-0.39, 0.29) is 0 Å². The van der Waals surface area contributed by atoms with Crippen LogP contribution in [0.4, 0.5) is 0 Å². The van der Waals surface area contributed by atoms with Gasteiger partial charge in [-0.15, -0.1) is 0 Å². The first-order valence-corrected chi connectivity index (χ1v) is 12.3. The van der Waals surface area contributed by atoms with Gasteiger partial charge in [0, 0.05) is 0 Å². The number of rotatable bonds is 4. The fraction of sp³-hybridized carbons (Fsp3) is 0. The Morgan fingerprint density at radius 3 is 1.30 bits per heavy atom. The first-order valence-electron chi connectivity index (χ1n) is 10.1. The molecule has 0 bridgehead atoms. The quantitative estimate of drug-likeness (QED) is 0.421. The Morgan fingerprint density at radius 2 is 0.800 bits per heavy atom. The molecule has 0 atom stereocenters. The number of benzene rings is 5. The van der Waals surface area contributed by atoms with Crippen LogP contribution in [0.25, 0.3) is 10.8 Å². The van der Waals surface area contributed by atoms with Gasteiger partial charge in [-0.05, 0) is 0 Å². The van der Waals surface area contributed by atoms with Crippen LogP contribution in [0.15, 0.2) is 133 Å². The van der Waals surface area contributed by atoms with E-state index >= 15 is 0 Å². The summed E-state index contributed by atoms with van der Waals surface area (Å²) in [7, 11) is 0. The minimum absolute atomic E-state index is 0.942. The van der Waals surface area contributed by atoms with Crippen molar-refractivity contribution in [1.82, 2.24) is 0 Å². The van der Waals surface area contributed by atoms with Crippen LogP contribution in [0, 0.1) is 0 Å². The van der Waals surface area contributed by atoms with E-state index in [9.17, 15) is 4.89 Å². The summed E-state index contributed by atoms with van der Waals surface area (Å²) in [6.45, 7) is -3.99. The number of hydrogen-bond donors (Lipinski definition) is 1. The predicted octanol–water partition coefficient (Wildman–Crippen LogP) is 4.90. The van der Waals surface area contributed by atoms with Crippen LogP contribution in [-0.4, -0.2) is 4.89 Å². The first-order chi connectivity index (χ1) is 14.7. The topological polar surface area (TPSA) is 20.2 Å². The summed E-state index contributed by atoms with van der Waals surface area (Å²) in [5.41, 5.74) is 0. The fourth-order valence-electron chi connectivity index (χ4n) is 4.61. The molecule has 146 valence electrons. The molecule has 5 aromatic rings. The molecule has 5 aromatic carbocycles. The molecule has 5 rings (SSSR count). The van der Waals surface area contributed by atoms with Crippen LogP contribution >= 0.6 is 6.83 Å². The van der Waals surface area contributed by atoms with Crippen molar-refractivity contribution in [2.24, 2.45) is 0 Å². The van der Waals surface area contributed by atoms with Crippen LogP contribution < -0.4 is 21.2 Å². The minimum atomic E-state index is -3.99. The van der Waals surface area contributed by atoms with Gasteiger partial charge in [0.25, 0.3) is 0 Å². The maximum absolute atomic E-state index is 13.5. The predicted molar refractivity (Wildman–Crippen MR) is 131 cm³/mol. The van der Waals surface area contributed by atoms with E-state index in [0.29, 0.717) is 0 Å². The maximum atomic E-state index is 13.5. The molecule has 0 fully saturated rings. The van der Waals surface area contributed by atoms with Gasteiger partial charge in [-0.2, -0.15) is 0 Å². The van der Waals surface area contributed by atoms with Gasteiger partial charge >= 0.3 is 177 Å². The monoisotopic (exact) mass is 406 g/mol. The van der Waals surface area contributed by atoms with Crippen LogP contribution in [0.5, 0.6) is 0 Å². The Balaban J connectivity index is 2.07. The second-order valence-corrected chi connectivity index (χ2v) is 11.7. The molecule has 0 aliphatic carbocycles. The SMILES string of the molecule is OP(c1ccccc1)(c1ccccc1)(c1ccccc1)c1cccc2ccccc12. The third-order valence-corrected chi connectivity index (χ3v) is 11.3. The zero-order chi connectivity index (χ0) is 20.5. The Bertz CT molecular complexity index is 1190. The standard InChI is InChI=1S/C28H23OP/c29-30(24-15-4-1-5-16-24,25-17-6-2-7-18-25,26-19-8-3-9-20-26)28-22-12-14-23-13-10-11-21-27(23)28/h1-22,29H. The van der Waals surface area contributed by atoms with Gasteiger partial charge in [0.15, 0.2) is 0 Å². The zero-order valence-electron chi connectivity index (χ0n) is 16.6. The molecule has 0 saturated carbocycles. The Kier molecular flexibility index (Phi) is 4.51. The molecule has 1 nitrogen and oxygen atoms in total. The van der Waals surface area contributed by atoms with Gasteiger partial charge in [-0.1, -0.05) is 0 Å². The fourth-order valence-corrected chi connectivity index (χ4v) is 9.64. The zero-order valence-corrected chi connectivity index (χ0v) is 17.5. The summed E-state index contributed by atoms with van der Waals surface area (Å²) in [5, 5.41) is 6.01.